The first-order valence-corrected chi connectivity index (χ1v) is 9.27. The molecule has 0 spiro atoms. The minimum Gasteiger partial charge on any atom is -0.361 e. The second kappa shape index (κ2) is 7.44. The number of thiazole rings is 1. The highest BCUT2D eigenvalue weighted by atomic mass is 32.1. The molecule has 0 bridgehead atoms. The van der Waals surface area contributed by atoms with Gasteiger partial charge < -0.3 is 9.84 Å². The van der Waals surface area contributed by atoms with Gasteiger partial charge in [-0.2, -0.15) is 0 Å². The topological polar surface area (TPSA) is 71.3 Å². The summed E-state index contributed by atoms with van der Waals surface area (Å²) in [4.78, 5) is 19.2. The van der Waals surface area contributed by atoms with Gasteiger partial charge in [0.1, 0.15) is 5.76 Å². The predicted octanol–water partition coefficient (Wildman–Crippen LogP) is 3.16. The quantitative estimate of drug-likeness (QED) is 0.899. The molecule has 1 atom stereocenters. The van der Waals surface area contributed by atoms with Crippen molar-refractivity contribution in [2.45, 2.75) is 46.6 Å². The maximum atomic E-state index is 12.2. The van der Waals surface area contributed by atoms with Crippen LogP contribution in [0.3, 0.4) is 0 Å². The van der Waals surface area contributed by atoms with Gasteiger partial charge >= 0.3 is 0 Å². The summed E-state index contributed by atoms with van der Waals surface area (Å²) in [6, 6.07) is 0. The molecule has 1 saturated heterocycles. The highest BCUT2D eigenvalue weighted by Gasteiger charge is 2.18. The fraction of sp³-hybridized carbons (Fsp3) is 0.588. The van der Waals surface area contributed by atoms with E-state index in [9.17, 15) is 4.79 Å². The Morgan fingerprint density at radius 3 is 3.04 bits per heavy atom. The zero-order valence-corrected chi connectivity index (χ0v) is 15.3. The Morgan fingerprint density at radius 2 is 2.33 bits per heavy atom. The predicted molar refractivity (Wildman–Crippen MR) is 94.1 cm³/mol. The van der Waals surface area contributed by atoms with Gasteiger partial charge in [-0.25, -0.2) is 4.98 Å². The summed E-state index contributed by atoms with van der Waals surface area (Å²) in [6.45, 7) is 9.10. The van der Waals surface area contributed by atoms with E-state index in [1.807, 2.05) is 19.2 Å². The van der Waals surface area contributed by atoms with Crippen molar-refractivity contribution < 1.29 is 9.32 Å². The molecule has 7 heteroatoms. The van der Waals surface area contributed by atoms with Crippen molar-refractivity contribution >= 4 is 22.4 Å². The Balaban J connectivity index is 1.54. The van der Waals surface area contributed by atoms with E-state index >= 15 is 0 Å². The largest absolute Gasteiger partial charge is 0.361 e. The molecular weight excluding hydrogens is 324 g/mol. The lowest BCUT2D eigenvalue weighted by molar-refractivity contribution is -0.115. The smallest absolute Gasteiger partial charge is 0.230 e. The number of aryl methyl sites for hydroxylation is 2. The average Bonchev–Trinajstić information content (AvgIpc) is 3.08. The highest BCUT2D eigenvalue weighted by Crippen LogP contribution is 2.21. The fourth-order valence-electron chi connectivity index (χ4n) is 3.17. The van der Waals surface area contributed by atoms with Gasteiger partial charge in [0, 0.05) is 24.0 Å². The molecule has 0 aliphatic carbocycles. The molecule has 0 saturated carbocycles. The fourth-order valence-corrected chi connectivity index (χ4v) is 3.89. The molecule has 1 amide bonds. The Hall–Kier alpha value is -1.73. The van der Waals surface area contributed by atoms with Crippen molar-refractivity contribution in [2.24, 2.45) is 5.92 Å². The van der Waals surface area contributed by atoms with Crippen molar-refractivity contribution in [1.82, 2.24) is 15.0 Å². The third-order valence-electron chi connectivity index (χ3n) is 4.44. The van der Waals surface area contributed by atoms with Crippen LogP contribution in [-0.2, 0) is 17.8 Å². The number of hydrogen-bond donors (Lipinski definition) is 1. The lowest BCUT2D eigenvalue weighted by Gasteiger charge is -2.30. The molecule has 130 valence electrons. The van der Waals surface area contributed by atoms with E-state index in [0.717, 1.165) is 42.5 Å². The summed E-state index contributed by atoms with van der Waals surface area (Å²) in [6.07, 6.45) is 2.84. The summed E-state index contributed by atoms with van der Waals surface area (Å²) >= 11 is 1.48. The van der Waals surface area contributed by atoms with Crippen molar-refractivity contribution in [2.75, 3.05) is 18.4 Å². The van der Waals surface area contributed by atoms with Crippen LogP contribution in [0.1, 0.15) is 42.5 Å². The summed E-state index contributed by atoms with van der Waals surface area (Å²) in [5, 5.41) is 9.45. The molecule has 1 aliphatic heterocycles. The van der Waals surface area contributed by atoms with Crippen molar-refractivity contribution in [3.05, 3.63) is 28.1 Å². The minimum atomic E-state index is -0.0862. The number of nitrogens with one attached hydrogen (secondary N) is 1. The number of rotatable bonds is 5. The van der Waals surface area contributed by atoms with Crippen LogP contribution in [0.15, 0.2) is 9.90 Å². The van der Waals surface area contributed by atoms with Crippen LogP contribution in [-0.4, -0.2) is 34.0 Å². The van der Waals surface area contributed by atoms with Crippen LogP contribution in [0.5, 0.6) is 0 Å². The van der Waals surface area contributed by atoms with Gasteiger partial charge in [-0.15, -0.1) is 11.3 Å². The van der Waals surface area contributed by atoms with Gasteiger partial charge in [0.25, 0.3) is 0 Å². The van der Waals surface area contributed by atoms with E-state index in [4.69, 9.17) is 4.52 Å². The third-order valence-corrected chi connectivity index (χ3v) is 5.25. The summed E-state index contributed by atoms with van der Waals surface area (Å²) in [5.41, 5.74) is 2.65. The molecule has 1 fully saturated rings. The van der Waals surface area contributed by atoms with Gasteiger partial charge in [-0.3, -0.25) is 9.69 Å². The van der Waals surface area contributed by atoms with E-state index in [1.54, 1.807) is 0 Å². The summed E-state index contributed by atoms with van der Waals surface area (Å²) < 4.78 is 5.10. The molecule has 2 aromatic heterocycles. The monoisotopic (exact) mass is 348 g/mol. The highest BCUT2D eigenvalue weighted by molar-refractivity contribution is 7.13. The van der Waals surface area contributed by atoms with Crippen LogP contribution in [0.4, 0.5) is 5.13 Å². The number of carbonyl (C=O) groups excluding carboxylic acids is 1. The SMILES string of the molecule is Cc1noc(C)c1CC(=O)Nc1nc(CN2CCC[C@@H](C)C2)cs1. The van der Waals surface area contributed by atoms with Crippen LogP contribution in [0.2, 0.25) is 0 Å². The lowest BCUT2D eigenvalue weighted by atomic mass is 10.0. The molecule has 6 nitrogen and oxygen atoms in total. The van der Waals surface area contributed by atoms with Crippen LogP contribution >= 0.6 is 11.3 Å². The maximum Gasteiger partial charge on any atom is 0.230 e. The van der Waals surface area contributed by atoms with Gasteiger partial charge in [0.2, 0.25) is 5.91 Å². The second-order valence-electron chi connectivity index (χ2n) is 6.65. The van der Waals surface area contributed by atoms with Gasteiger partial charge in [-0.05, 0) is 39.2 Å². The van der Waals surface area contributed by atoms with Gasteiger partial charge in [0.05, 0.1) is 17.8 Å². The number of anilines is 1. The average molecular weight is 348 g/mol. The Morgan fingerprint density at radius 1 is 1.50 bits per heavy atom. The molecule has 24 heavy (non-hydrogen) atoms. The molecule has 1 aliphatic rings. The number of carbonyl (C=O) groups is 1. The molecule has 2 aromatic rings. The number of amides is 1. The number of hydrogen-bond acceptors (Lipinski definition) is 6. The first-order chi connectivity index (χ1) is 11.5. The van der Waals surface area contributed by atoms with E-state index in [0.29, 0.717) is 10.9 Å². The number of aromatic nitrogens is 2. The molecule has 1 N–H and O–H groups in total. The van der Waals surface area contributed by atoms with Crippen molar-refractivity contribution in [3.8, 4) is 0 Å². The number of piperidine rings is 1. The van der Waals surface area contributed by atoms with Crippen LogP contribution in [0.25, 0.3) is 0 Å². The Labute approximate surface area is 146 Å². The summed E-state index contributed by atoms with van der Waals surface area (Å²) in [5.74, 6) is 1.37. The first-order valence-electron chi connectivity index (χ1n) is 8.39. The molecule has 3 heterocycles. The van der Waals surface area contributed by atoms with Crippen molar-refractivity contribution in [3.63, 3.8) is 0 Å². The molecule has 3 rings (SSSR count). The number of nitrogens with zero attached hydrogens (tertiary/aromatic N) is 3. The van der Waals surface area contributed by atoms with E-state index in [2.05, 4.69) is 27.3 Å². The normalized spacial score (nSPS) is 18.7. The molecular formula is C17H24N4O2S. The van der Waals surface area contributed by atoms with E-state index in [-0.39, 0.29) is 12.3 Å². The molecule has 0 radical (unpaired) electrons. The first kappa shape index (κ1) is 17.1. The van der Waals surface area contributed by atoms with Crippen LogP contribution < -0.4 is 5.32 Å². The lowest BCUT2D eigenvalue weighted by Crippen LogP contribution is -2.33. The van der Waals surface area contributed by atoms with Crippen LogP contribution in [0, 0.1) is 19.8 Å². The second-order valence-corrected chi connectivity index (χ2v) is 7.51. The third kappa shape index (κ3) is 4.21. The molecule has 0 unspecified atom stereocenters. The van der Waals surface area contributed by atoms with E-state index < -0.39 is 0 Å². The zero-order valence-electron chi connectivity index (χ0n) is 14.5. The van der Waals surface area contributed by atoms with Crippen molar-refractivity contribution in [1.29, 1.82) is 0 Å². The summed E-state index contributed by atoms with van der Waals surface area (Å²) in [7, 11) is 0. The number of likely N-dealkylation sites (tertiary alicyclic amines) is 1. The van der Waals surface area contributed by atoms with Gasteiger partial charge in [0.15, 0.2) is 5.13 Å². The van der Waals surface area contributed by atoms with E-state index in [1.165, 1.54) is 24.2 Å². The standard InChI is InChI=1S/C17H24N4O2S/c1-11-5-4-6-21(8-11)9-14-10-24-17(18-14)19-16(22)7-15-12(2)20-23-13(15)3/h10-11H,4-9H2,1-3H3,(H,18,19,22)/t11-/m1/s1. The molecule has 0 aromatic carbocycles. The zero-order chi connectivity index (χ0) is 17.1. The van der Waals surface area contributed by atoms with Gasteiger partial charge in [-0.1, -0.05) is 12.1 Å². The minimum absolute atomic E-state index is 0.0862. The Bertz CT molecular complexity index is 690. The maximum absolute atomic E-state index is 12.2. The Kier molecular flexibility index (Phi) is 5.30.